The highest BCUT2D eigenvalue weighted by atomic mass is 16.5. The van der Waals surface area contributed by atoms with Gasteiger partial charge in [0.05, 0.1) is 6.10 Å². The topological polar surface area (TPSA) is 66.0 Å². The van der Waals surface area contributed by atoms with E-state index in [1.165, 1.54) is 0 Å². The molecule has 2 amide bonds. The largest absolute Gasteiger partial charge is 0.378 e. The molecule has 7 heteroatoms. The van der Waals surface area contributed by atoms with Crippen LogP contribution in [0.4, 0.5) is 5.69 Å². The third-order valence-electron chi connectivity index (χ3n) is 4.85. The van der Waals surface area contributed by atoms with E-state index in [-0.39, 0.29) is 24.5 Å². The van der Waals surface area contributed by atoms with Crippen molar-refractivity contribution in [3.05, 3.63) is 59.9 Å². The summed E-state index contributed by atoms with van der Waals surface area (Å²) in [6.45, 7) is 1.29. The molecule has 2 aromatic rings. The summed E-state index contributed by atoms with van der Waals surface area (Å²) in [6, 6.07) is 11.2. The van der Waals surface area contributed by atoms with Crippen LogP contribution >= 0.6 is 0 Å². The molecule has 0 aliphatic carbocycles. The van der Waals surface area contributed by atoms with Gasteiger partial charge in [-0.2, -0.15) is 0 Å². The molecule has 28 heavy (non-hydrogen) atoms. The predicted octanol–water partition coefficient (Wildman–Crippen LogP) is 1.65. The van der Waals surface area contributed by atoms with Crippen molar-refractivity contribution in [2.75, 3.05) is 45.7 Å². The number of methoxy groups -OCH3 is 1. The SMILES string of the molecule is COC1CN(Cc2cccnc2)C(=O)CN(C(=O)c2cccc(N(C)C)c2)C1. The van der Waals surface area contributed by atoms with Gasteiger partial charge in [-0.1, -0.05) is 12.1 Å². The van der Waals surface area contributed by atoms with Crippen molar-refractivity contribution < 1.29 is 14.3 Å². The second-order valence-electron chi connectivity index (χ2n) is 7.12. The van der Waals surface area contributed by atoms with Gasteiger partial charge in [-0.05, 0) is 29.8 Å². The van der Waals surface area contributed by atoms with Crippen molar-refractivity contribution in [3.8, 4) is 0 Å². The van der Waals surface area contributed by atoms with E-state index in [9.17, 15) is 9.59 Å². The molecule has 0 spiro atoms. The van der Waals surface area contributed by atoms with Gasteiger partial charge in [-0.3, -0.25) is 14.6 Å². The van der Waals surface area contributed by atoms with Gasteiger partial charge in [0.1, 0.15) is 6.54 Å². The van der Waals surface area contributed by atoms with Crippen LogP contribution in [0.5, 0.6) is 0 Å². The van der Waals surface area contributed by atoms with Crippen LogP contribution in [0.2, 0.25) is 0 Å². The quantitative estimate of drug-likeness (QED) is 0.787. The Balaban J connectivity index is 1.78. The van der Waals surface area contributed by atoms with E-state index in [1.807, 2.05) is 49.3 Å². The van der Waals surface area contributed by atoms with E-state index in [0.717, 1.165) is 11.3 Å². The number of benzene rings is 1. The van der Waals surface area contributed by atoms with Crippen LogP contribution in [0.1, 0.15) is 15.9 Å². The van der Waals surface area contributed by atoms with Crippen molar-refractivity contribution in [1.82, 2.24) is 14.8 Å². The molecule has 1 aromatic carbocycles. The molecule has 1 saturated heterocycles. The van der Waals surface area contributed by atoms with E-state index >= 15 is 0 Å². The molecule has 0 radical (unpaired) electrons. The molecular weight excluding hydrogens is 356 g/mol. The van der Waals surface area contributed by atoms with Gasteiger partial charge in [-0.25, -0.2) is 0 Å². The van der Waals surface area contributed by atoms with E-state index in [4.69, 9.17) is 4.74 Å². The van der Waals surface area contributed by atoms with Crippen LogP contribution in [0.3, 0.4) is 0 Å². The highest BCUT2D eigenvalue weighted by Gasteiger charge is 2.31. The zero-order valence-electron chi connectivity index (χ0n) is 16.5. The number of carbonyl (C=O) groups excluding carboxylic acids is 2. The van der Waals surface area contributed by atoms with E-state index in [1.54, 1.807) is 35.4 Å². The lowest BCUT2D eigenvalue weighted by atomic mass is 10.1. The number of hydrogen-bond donors (Lipinski definition) is 0. The summed E-state index contributed by atoms with van der Waals surface area (Å²) >= 11 is 0. The molecule has 148 valence electrons. The van der Waals surface area contributed by atoms with Crippen molar-refractivity contribution in [3.63, 3.8) is 0 Å². The summed E-state index contributed by atoms with van der Waals surface area (Å²) in [6.07, 6.45) is 3.20. The summed E-state index contributed by atoms with van der Waals surface area (Å²) < 4.78 is 5.55. The van der Waals surface area contributed by atoms with E-state index in [0.29, 0.717) is 25.2 Å². The second-order valence-corrected chi connectivity index (χ2v) is 7.12. The summed E-state index contributed by atoms with van der Waals surface area (Å²) in [4.78, 5) is 35.3. The molecule has 3 rings (SSSR count). The first-order valence-electron chi connectivity index (χ1n) is 9.24. The molecule has 0 N–H and O–H groups in total. The Morgan fingerprint density at radius 3 is 2.75 bits per heavy atom. The van der Waals surface area contributed by atoms with Crippen molar-refractivity contribution >= 4 is 17.5 Å². The number of ether oxygens (including phenoxy) is 1. The van der Waals surface area contributed by atoms with Gasteiger partial charge in [-0.15, -0.1) is 0 Å². The Morgan fingerprint density at radius 2 is 2.07 bits per heavy atom. The summed E-state index contributed by atoms with van der Waals surface area (Å²) in [5.74, 6) is -0.261. The zero-order valence-corrected chi connectivity index (χ0v) is 16.5. The Kier molecular flexibility index (Phi) is 6.26. The van der Waals surface area contributed by atoms with Crippen LogP contribution in [-0.2, 0) is 16.1 Å². The molecule has 1 aliphatic heterocycles. The van der Waals surface area contributed by atoms with Gasteiger partial charge in [0.2, 0.25) is 5.91 Å². The lowest BCUT2D eigenvalue weighted by molar-refractivity contribution is -0.132. The van der Waals surface area contributed by atoms with Crippen molar-refractivity contribution in [2.24, 2.45) is 0 Å². The zero-order chi connectivity index (χ0) is 20.1. The summed E-state index contributed by atoms with van der Waals surface area (Å²) in [7, 11) is 5.46. The van der Waals surface area contributed by atoms with Gasteiger partial charge >= 0.3 is 0 Å². The molecule has 1 aromatic heterocycles. The molecule has 7 nitrogen and oxygen atoms in total. The van der Waals surface area contributed by atoms with Crippen LogP contribution in [0.25, 0.3) is 0 Å². The molecule has 0 saturated carbocycles. The summed E-state index contributed by atoms with van der Waals surface area (Å²) in [5.41, 5.74) is 2.45. The highest BCUT2D eigenvalue weighted by Crippen LogP contribution is 2.18. The standard InChI is InChI=1S/C21H26N4O3/c1-23(2)18-8-4-7-17(10-18)21(27)25-14-19(28-3)13-24(20(26)15-25)12-16-6-5-9-22-11-16/h4-11,19H,12-15H2,1-3H3. The lowest BCUT2D eigenvalue weighted by Gasteiger charge is -2.23. The van der Waals surface area contributed by atoms with E-state index < -0.39 is 0 Å². The minimum Gasteiger partial charge on any atom is -0.378 e. The fourth-order valence-corrected chi connectivity index (χ4v) is 3.25. The van der Waals surface area contributed by atoms with Gasteiger partial charge in [0.15, 0.2) is 0 Å². The maximum Gasteiger partial charge on any atom is 0.254 e. The third kappa shape index (κ3) is 4.67. The first-order valence-corrected chi connectivity index (χ1v) is 9.24. The molecule has 2 heterocycles. The lowest BCUT2D eigenvalue weighted by Crippen LogP contribution is -2.39. The number of pyridine rings is 1. The Hall–Kier alpha value is -2.93. The molecule has 1 aliphatic rings. The number of anilines is 1. The minimum absolute atomic E-state index is 0.0329. The second kappa shape index (κ2) is 8.84. The van der Waals surface area contributed by atoms with Crippen molar-refractivity contribution in [1.29, 1.82) is 0 Å². The predicted molar refractivity (Wildman–Crippen MR) is 107 cm³/mol. The first-order chi connectivity index (χ1) is 13.5. The first kappa shape index (κ1) is 19.8. The minimum atomic E-state index is -0.246. The molecule has 1 atom stereocenters. The smallest absolute Gasteiger partial charge is 0.254 e. The maximum absolute atomic E-state index is 13.1. The van der Waals surface area contributed by atoms with Crippen LogP contribution in [-0.4, -0.2) is 73.5 Å². The Labute approximate surface area is 165 Å². The summed E-state index contributed by atoms with van der Waals surface area (Å²) in [5, 5.41) is 0. The molecular formula is C21H26N4O3. The Morgan fingerprint density at radius 1 is 1.25 bits per heavy atom. The maximum atomic E-state index is 13.1. The van der Waals surface area contributed by atoms with Crippen LogP contribution < -0.4 is 4.90 Å². The normalized spacial score (nSPS) is 17.4. The number of rotatable bonds is 5. The number of amides is 2. The van der Waals surface area contributed by atoms with Crippen LogP contribution in [0.15, 0.2) is 48.8 Å². The number of hydrogen-bond acceptors (Lipinski definition) is 5. The highest BCUT2D eigenvalue weighted by molar-refractivity contribution is 5.97. The fourth-order valence-electron chi connectivity index (χ4n) is 3.25. The average molecular weight is 382 g/mol. The molecule has 1 unspecified atom stereocenters. The van der Waals surface area contributed by atoms with Gasteiger partial charge in [0, 0.05) is 64.5 Å². The van der Waals surface area contributed by atoms with E-state index in [2.05, 4.69) is 4.98 Å². The fraction of sp³-hybridized carbons (Fsp3) is 0.381. The third-order valence-corrected chi connectivity index (χ3v) is 4.85. The van der Waals surface area contributed by atoms with Gasteiger partial charge < -0.3 is 19.4 Å². The average Bonchev–Trinajstić information content (AvgIpc) is 2.87. The number of carbonyl (C=O) groups is 2. The monoisotopic (exact) mass is 382 g/mol. The number of aromatic nitrogens is 1. The van der Waals surface area contributed by atoms with Crippen molar-refractivity contribution in [2.45, 2.75) is 12.6 Å². The number of nitrogens with zero attached hydrogens (tertiary/aromatic N) is 4. The van der Waals surface area contributed by atoms with Gasteiger partial charge in [0.25, 0.3) is 5.91 Å². The van der Waals surface area contributed by atoms with Crippen LogP contribution in [0, 0.1) is 0 Å². The Bertz CT molecular complexity index is 825. The molecule has 0 bridgehead atoms. The molecule has 1 fully saturated rings.